The fourth-order valence-electron chi connectivity index (χ4n) is 6.02. The van der Waals surface area contributed by atoms with Gasteiger partial charge in [0.05, 0.1) is 0 Å². The van der Waals surface area contributed by atoms with Gasteiger partial charge >= 0.3 is 5.97 Å². The first-order valence-corrected chi connectivity index (χ1v) is 19.0. The van der Waals surface area contributed by atoms with Gasteiger partial charge < -0.3 is 9.84 Å². The molecule has 1 N–H and O–H groups in total. The van der Waals surface area contributed by atoms with E-state index >= 15 is 0 Å². The molecule has 0 aromatic carbocycles. The second-order valence-corrected chi connectivity index (χ2v) is 13.1. The Hall–Kier alpha value is -0.570. The van der Waals surface area contributed by atoms with Crippen molar-refractivity contribution in [3.8, 4) is 0 Å². The monoisotopic (exact) mass is 581 g/mol. The predicted molar refractivity (Wildman–Crippen MR) is 181 cm³/mol. The van der Waals surface area contributed by atoms with Gasteiger partial charge in [-0.3, -0.25) is 4.79 Å². The van der Waals surface area contributed by atoms with E-state index in [1.54, 1.807) is 0 Å². The molecule has 0 radical (unpaired) electrons. The number of aliphatic hydroxyl groups is 1. The normalized spacial score (nSPS) is 12.2. The summed E-state index contributed by atoms with van der Waals surface area (Å²) < 4.78 is 6.03. The molecule has 0 rings (SSSR count). The SMILES string of the molecule is CCCCCCCCCCC(CCCCCCCCC)OC(=O)CCCCCCCCCCCCCCCCCO. The molecule has 1 atom stereocenters. The van der Waals surface area contributed by atoms with E-state index in [1.807, 2.05) is 0 Å². The third-order valence-corrected chi connectivity index (χ3v) is 8.85. The third-order valence-electron chi connectivity index (χ3n) is 8.85. The molecule has 0 spiro atoms. The molecule has 0 fully saturated rings. The molecule has 0 aromatic rings. The molecule has 0 aliphatic heterocycles. The van der Waals surface area contributed by atoms with Crippen molar-refractivity contribution in [1.29, 1.82) is 0 Å². The lowest BCUT2D eigenvalue weighted by Crippen LogP contribution is -2.18. The molecule has 0 heterocycles. The van der Waals surface area contributed by atoms with Gasteiger partial charge in [-0.25, -0.2) is 0 Å². The molecule has 3 heteroatoms. The Balaban J connectivity index is 3.84. The molecule has 0 bridgehead atoms. The Bertz CT molecular complexity index is 492. The zero-order valence-corrected chi connectivity index (χ0v) is 28.4. The van der Waals surface area contributed by atoms with Crippen LogP contribution in [0.1, 0.15) is 226 Å². The van der Waals surface area contributed by atoms with Crippen LogP contribution in [0.4, 0.5) is 0 Å². The minimum atomic E-state index is 0.0610. The highest BCUT2D eigenvalue weighted by Crippen LogP contribution is 2.19. The van der Waals surface area contributed by atoms with Gasteiger partial charge in [0.2, 0.25) is 0 Å². The lowest BCUT2D eigenvalue weighted by atomic mass is 10.0. The Kier molecular flexibility index (Phi) is 35.1. The molecule has 41 heavy (non-hydrogen) atoms. The minimum absolute atomic E-state index is 0.0610. The zero-order valence-electron chi connectivity index (χ0n) is 28.4. The fourth-order valence-corrected chi connectivity index (χ4v) is 6.02. The quantitative estimate of drug-likeness (QED) is 0.0599. The number of aliphatic hydroxyl groups excluding tert-OH is 1. The Morgan fingerprint density at radius 2 is 0.732 bits per heavy atom. The molecule has 0 aliphatic carbocycles. The number of carbonyl (C=O) groups excluding carboxylic acids is 1. The van der Waals surface area contributed by atoms with Gasteiger partial charge in [-0.2, -0.15) is 0 Å². The van der Waals surface area contributed by atoms with Crippen molar-refractivity contribution in [3.63, 3.8) is 0 Å². The predicted octanol–water partition coefficient (Wildman–Crippen LogP) is 12.8. The van der Waals surface area contributed by atoms with E-state index in [1.165, 1.54) is 180 Å². The van der Waals surface area contributed by atoms with E-state index in [2.05, 4.69) is 13.8 Å². The summed E-state index contributed by atoms with van der Waals surface area (Å²) >= 11 is 0. The number of hydrogen-bond donors (Lipinski definition) is 1. The van der Waals surface area contributed by atoms with E-state index in [-0.39, 0.29) is 12.1 Å². The summed E-state index contributed by atoms with van der Waals surface area (Å²) in [6.07, 6.45) is 42.1. The number of unbranched alkanes of at least 4 members (excludes halogenated alkanes) is 27. The molecule has 1 unspecified atom stereocenters. The standard InChI is InChI=1S/C38H76O3/c1-3-5-7-9-11-22-26-30-34-37(33-29-25-21-10-8-6-4-2)41-38(40)35-31-27-23-19-17-15-13-12-14-16-18-20-24-28-32-36-39/h37,39H,3-36H2,1-2H3. The first-order valence-electron chi connectivity index (χ1n) is 19.0. The zero-order chi connectivity index (χ0) is 29.9. The molecular weight excluding hydrogens is 504 g/mol. The second kappa shape index (κ2) is 35.6. The number of ether oxygens (including phenoxy) is 1. The van der Waals surface area contributed by atoms with Gasteiger partial charge in [0.15, 0.2) is 0 Å². The summed E-state index contributed by atoms with van der Waals surface area (Å²) in [5, 5.41) is 8.81. The lowest BCUT2D eigenvalue weighted by Gasteiger charge is -2.18. The first kappa shape index (κ1) is 40.4. The van der Waals surface area contributed by atoms with Crippen LogP contribution in [0.3, 0.4) is 0 Å². The van der Waals surface area contributed by atoms with Crippen molar-refractivity contribution < 1.29 is 14.6 Å². The Morgan fingerprint density at radius 1 is 0.439 bits per heavy atom. The van der Waals surface area contributed by atoms with Gasteiger partial charge in [-0.15, -0.1) is 0 Å². The molecule has 246 valence electrons. The van der Waals surface area contributed by atoms with Crippen LogP contribution in [0.5, 0.6) is 0 Å². The maximum absolute atomic E-state index is 12.6. The van der Waals surface area contributed by atoms with E-state index in [9.17, 15) is 4.79 Å². The van der Waals surface area contributed by atoms with Crippen LogP contribution in [0.25, 0.3) is 0 Å². The average Bonchev–Trinajstić information content (AvgIpc) is 2.97. The molecule has 0 amide bonds. The maximum Gasteiger partial charge on any atom is 0.306 e. The highest BCUT2D eigenvalue weighted by molar-refractivity contribution is 5.69. The third kappa shape index (κ3) is 33.8. The number of carbonyl (C=O) groups is 1. The van der Waals surface area contributed by atoms with Crippen molar-refractivity contribution in [3.05, 3.63) is 0 Å². The topological polar surface area (TPSA) is 46.5 Å². The van der Waals surface area contributed by atoms with Crippen LogP contribution in [-0.4, -0.2) is 23.8 Å². The van der Waals surface area contributed by atoms with Gasteiger partial charge in [0.1, 0.15) is 6.10 Å². The van der Waals surface area contributed by atoms with E-state index < -0.39 is 0 Å². The number of rotatable bonds is 35. The van der Waals surface area contributed by atoms with Crippen LogP contribution in [0.15, 0.2) is 0 Å². The van der Waals surface area contributed by atoms with E-state index in [0.717, 1.165) is 25.7 Å². The van der Waals surface area contributed by atoms with Gasteiger partial charge in [-0.1, -0.05) is 181 Å². The molecular formula is C38H76O3. The Morgan fingerprint density at radius 3 is 1.07 bits per heavy atom. The highest BCUT2D eigenvalue weighted by Gasteiger charge is 2.14. The van der Waals surface area contributed by atoms with E-state index in [4.69, 9.17) is 9.84 Å². The average molecular weight is 581 g/mol. The minimum Gasteiger partial charge on any atom is -0.462 e. The van der Waals surface area contributed by atoms with Crippen LogP contribution >= 0.6 is 0 Å². The summed E-state index contributed by atoms with van der Waals surface area (Å²) in [6, 6.07) is 0. The molecule has 0 saturated carbocycles. The summed E-state index contributed by atoms with van der Waals surface area (Å²) in [5.41, 5.74) is 0. The molecule has 0 saturated heterocycles. The molecule has 3 nitrogen and oxygen atoms in total. The van der Waals surface area contributed by atoms with Crippen molar-refractivity contribution in [1.82, 2.24) is 0 Å². The van der Waals surface area contributed by atoms with Gasteiger partial charge in [0, 0.05) is 13.0 Å². The largest absolute Gasteiger partial charge is 0.462 e. The van der Waals surface area contributed by atoms with Crippen LogP contribution in [0.2, 0.25) is 0 Å². The Labute approximate surface area is 258 Å². The van der Waals surface area contributed by atoms with Crippen LogP contribution in [-0.2, 0) is 9.53 Å². The smallest absolute Gasteiger partial charge is 0.306 e. The lowest BCUT2D eigenvalue weighted by molar-refractivity contribution is -0.150. The van der Waals surface area contributed by atoms with E-state index in [0.29, 0.717) is 13.0 Å². The molecule has 0 aliphatic rings. The summed E-state index contributed by atoms with van der Waals surface area (Å²) in [7, 11) is 0. The number of hydrogen-bond acceptors (Lipinski definition) is 3. The summed E-state index contributed by atoms with van der Waals surface area (Å²) in [5.74, 6) is 0.0610. The van der Waals surface area contributed by atoms with Crippen LogP contribution < -0.4 is 0 Å². The van der Waals surface area contributed by atoms with Crippen molar-refractivity contribution >= 4 is 5.97 Å². The van der Waals surface area contributed by atoms with Gasteiger partial charge in [0.25, 0.3) is 0 Å². The highest BCUT2D eigenvalue weighted by atomic mass is 16.5. The van der Waals surface area contributed by atoms with Crippen molar-refractivity contribution in [2.75, 3.05) is 6.61 Å². The van der Waals surface area contributed by atoms with Gasteiger partial charge in [-0.05, 0) is 38.5 Å². The fraction of sp³-hybridized carbons (Fsp3) is 0.974. The van der Waals surface area contributed by atoms with Crippen molar-refractivity contribution in [2.45, 2.75) is 232 Å². The second-order valence-electron chi connectivity index (χ2n) is 13.1. The van der Waals surface area contributed by atoms with Crippen molar-refractivity contribution in [2.24, 2.45) is 0 Å². The first-order chi connectivity index (χ1) is 20.2. The summed E-state index contributed by atoms with van der Waals surface area (Å²) in [4.78, 5) is 12.6. The molecule has 0 aromatic heterocycles. The number of esters is 1. The maximum atomic E-state index is 12.6. The summed E-state index contributed by atoms with van der Waals surface area (Å²) in [6.45, 7) is 4.91. The van der Waals surface area contributed by atoms with Crippen LogP contribution in [0, 0.1) is 0 Å².